The molecule has 1 amide bonds. The molecule has 8 heteroatoms. The van der Waals surface area contributed by atoms with Crippen LogP contribution in [0.4, 0.5) is 11.4 Å². The van der Waals surface area contributed by atoms with Crippen molar-refractivity contribution in [2.45, 2.75) is 18.9 Å². The van der Waals surface area contributed by atoms with Crippen molar-refractivity contribution in [2.75, 3.05) is 51.7 Å². The normalized spacial score (nSPS) is 21.3. The number of hydrogen-bond donors (Lipinski definition) is 1. The average molecular weight is 348 g/mol. The summed E-state index contributed by atoms with van der Waals surface area (Å²) in [6.07, 6.45) is 2.56. The van der Waals surface area contributed by atoms with Crippen molar-refractivity contribution in [3.8, 4) is 0 Å². The van der Waals surface area contributed by atoms with Crippen molar-refractivity contribution in [1.29, 1.82) is 0 Å². The third kappa shape index (κ3) is 4.08. The Labute approximate surface area is 146 Å². The predicted octanol–water partition coefficient (Wildman–Crippen LogP) is 1.57. The number of piperazine rings is 1. The lowest BCUT2D eigenvalue weighted by Gasteiger charge is -2.35. The number of hydrogen-bond acceptors (Lipinski definition) is 6. The van der Waals surface area contributed by atoms with Crippen LogP contribution < -0.4 is 5.32 Å². The molecule has 1 atom stereocenters. The Kier molecular flexibility index (Phi) is 5.50. The van der Waals surface area contributed by atoms with Gasteiger partial charge in [0, 0.05) is 58.0 Å². The number of carbonyl (C=O) groups is 1. The summed E-state index contributed by atoms with van der Waals surface area (Å²) in [4.78, 5) is 27.5. The van der Waals surface area contributed by atoms with Crippen LogP contribution in [0, 0.1) is 10.1 Å². The molecule has 2 heterocycles. The monoisotopic (exact) mass is 348 g/mol. The van der Waals surface area contributed by atoms with Gasteiger partial charge in [0.05, 0.1) is 11.0 Å². The van der Waals surface area contributed by atoms with Gasteiger partial charge in [0.1, 0.15) is 5.69 Å². The number of ether oxygens (including phenoxy) is 1. The van der Waals surface area contributed by atoms with Crippen LogP contribution >= 0.6 is 0 Å². The Balaban J connectivity index is 1.60. The summed E-state index contributed by atoms with van der Waals surface area (Å²) in [5.74, 6) is -0.150. The predicted molar refractivity (Wildman–Crippen MR) is 94.0 cm³/mol. The molecule has 1 aromatic rings. The lowest BCUT2D eigenvalue weighted by molar-refractivity contribution is -0.384. The summed E-state index contributed by atoms with van der Waals surface area (Å²) in [6, 6.07) is 4.58. The van der Waals surface area contributed by atoms with Crippen LogP contribution in [-0.2, 0) is 4.74 Å². The van der Waals surface area contributed by atoms with Crippen LogP contribution in [0.5, 0.6) is 0 Å². The summed E-state index contributed by atoms with van der Waals surface area (Å²) in [5.41, 5.74) is 0.687. The minimum atomic E-state index is -0.470. The van der Waals surface area contributed by atoms with Gasteiger partial charge in [0.15, 0.2) is 0 Å². The van der Waals surface area contributed by atoms with E-state index in [9.17, 15) is 14.9 Å². The van der Waals surface area contributed by atoms with Crippen molar-refractivity contribution < 1.29 is 14.5 Å². The van der Waals surface area contributed by atoms with E-state index in [2.05, 4.69) is 10.2 Å². The van der Waals surface area contributed by atoms with E-state index < -0.39 is 4.92 Å². The first-order chi connectivity index (χ1) is 12.1. The van der Waals surface area contributed by atoms with Gasteiger partial charge in [-0.15, -0.1) is 0 Å². The molecule has 0 spiro atoms. The molecule has 0 aliphatic carbocycles. The maximum Gasteiger partial charge on any atom is 0.293 e. The molecule has 136 valence electrons. The second-order valence-electron chi connectivity index (χ2n) is 6.47. The van der Waals surface area contributed by atoms with E-state index in [4.69, 9.17) is 4.74 Å². The zero-order valence-electron chi connectivity index (χ0n) is 14.4. The van der Waals surface area contributed by atoms with Gasteiger partial charge in [-0.3, -0.25) is 19.8 Å². The fraction of sp³-hybridized carbons (Fsp3) is 0.588. The van der Waals surface area contributed by atoms with Crippen molar-refractivity contribution in [2.24, 2.45) is 0 Å². The summed E-state index contributed by atoms with van der Waals surface area (Å²) < 4.78 is 5.66. The van der Waals surface area contributed by atoms with E-state index in [1.807, 2.05) is 0 Å². The summed E-state index contributed by atoms with van der Waals surface area (Å²) in [6.45, 7) is 4.65. The standard InChI is InChI=1S/C17H24N4O4/c1-18-15-5-4-13(11-16(15)21(23)24)17(22)20-8-6-19(7-9-20)12-14-3-2-10-25-14/h4-5,11,14,18H,2-3,6-10,12H2,1H3. The maximum absolute atomic E-state index is 12.7. The van der Waals surface area contributed by atoms with Gasteiger partial charge >= 0.3 is 0 Å². The number of benzene rings is 1. The Morgan fingerprint density at radius 2 is 2.12 bits per heavy atom. The van der Waals surface area contributed by atoms with E-state index in [1.165, 1.54) is 6.07 Å². The molecule has 25 heavy (non-hydrogen) atoms. The molecule has 0 radical (unpaired) electrons. The number of carbonyl (C=O) groups excluding carboxylic acids is 1. The molecule has 0 bridgehead atoms. The van der Waals surface area contributed by atoms with Crippen LogP contribution in [0.3, 0.4) is 0 Å². The number of nitro benzene ring substituents is 1. The lowest BCUT2D eigenvalue weighted by atomic mass is 10.1. The minimum absolute atomic E-state index is 0.0784. The Morgan fingerprint density at radius 1 is 1.36 bits per heavy atom. The van der Waals surface area contributed by atoms with E-state index in [0.717, 1.165) is 39.1 Å². The fourth-order valence-corrected chi connectivity index (χ4v) is 3.42. The van der Waals surface area contributed by atoms with Crippen LogP contribution in [-0.4, -0.2) is 73.1 Å². The first-order valence-electron chi connectivity index (χ1n) is 8.68. The van der Waals surface area contributed by atoms with E-state index in [1.54, 1.807) is 24.1 Å². The largest absolute Gasteiger partial charge is 0.383 e. The molecule has 0 aromatic heterocycles. The van der Waals surface area contributed by atoms with Gasteiger partial charge in [-0.1, -0.05) is 0 Å². The smallest absolute Gasteiger partial charge is 0.293 e. The van der Waals surface area contributed by atoms with Crippen LogP contribution in [0.25, 0.3) is 0 Å². The van der Waals surface area contributed by atoms with Gasteiger partial charge < -0.3 is 15.0 Å². The topological polar surface area (TPSA) is 88.0 Å². The highest BCUT2D eigenvalue weighted by Crippen LogP contribution is 2.26. The van der Waals surface area contributed by atoms with Gasteiger partial charge in [0.2, 0.25) is 0 Å². The third-order valence-corrected chi connectivity index (χ3v) is 4.86. The SMILES string of the molecule is CNc1ccc(C(=O)N2CCN(CC3CCCO3)CC2)cc1[N+](=O)[O-]. The second kappa shape index (κ2) is 7.79. The van der Waals surface area contributed by atoms with Gasteiger partial charge in [-0.2, -0.15) is 0 Å². The Morgan fingerprint density at radius 3 is 2.72 bits per heavy atom. The Bertz CT molecular complexity index is 638. The highest BCUT2D eigenvalue weighted by molar-refractivity contribution is 5.95. The number of amides is 1. The van der Waals surface area contributed by atoms with Gasteiger partial charge in [-0.05, 0) is 25.0 Å². The quantitative estimate of drug-likeness (QED) is 0.642. The zero-order chi connectivity index (χ0) is 17.8. The first-order valence-corrected chi connectivity index (χ1v) is 8.68. The maximum atomic E-state index is 12.7. The Hall–Kier alpha value is -2.19. The molecular weight excluding hydrogens is 324 g/mol. The van der Waals surface area contributed by atoms with Crippen molar-refractivity contribution >= 4 is 17.3 Å². The fourth-order valence-electron chi connectivity index (χ4n) is 3.42. The van der Waals surface area contributed by atoms with Crippen LogP contribution in [0.15, 0.2) is 18.2 Å². The molecule has 8 nitrogen and oxygen atoms in total. The summed E-state index contributed by atoms with van der Waals surface area (Å²) >= 11 is 0. The molecule has 1 aromatic carbocycles. The molecule has 3 rings (SSSR count). The molecule has 1 unspecified atom stereocenters. The summed E-state index contributed by atoms with van der Waals surface area (Å²) in [7, 11) is 1.62. The van der Waals surface area contributed by atoms with Crippen LogP contribution in [0.1, 0.15) is 23.2 Å². The van der Waals surface area contributed by atoms with Crippen molar-refractivity contribution in [3.63, 3.8) is 0 Å². The molecule has 1 N–H and O–H groups in total. The highest BCUT2D eigenvalue weighted by Gasteiger charge is 2.26. The highest BCUT2D eigenvalue weighted by atomic mass is 16.6. The number of nitrogens with zero attached hydrogens (tertiary/aromatic N) is 3. The zero-order valence-corrected chi connectivity index (χ0v) is 14.4. The van der Waals surface area contributed by atoms with Gasteiger partial charge in [0.25, 0.3) is 11.6 Å². The van der Waals surface area contributed by atoms with E-state index in [0.29, 0.717) is 30.4 Å². The van der Waals surface area contributed by atoms with E-state index in [-0.39, 0.29) is 11.6 Å². The minimum Gasteiger partial charge on any atom is -0.383 e. The molecule has 2 fully saturated rings. The lowest BCUT2D eigenvalue weighted by Crippen LogP contribution is -2.50. The molecular formula is C17H24N4O4. The third-order valence-electron chi connectivity index (χ3n) is 4.86. The average Bonchev–Trinajstić information content (AvgIpc) is 3.14. The molecule has 2 saturated heterocycles. The molecule has 2 aliphatic heterocycles. The number of rotatable bonds is 5. The first kappa shape index (κ1) is 17.6. The number of nitrogens with one attached hydrogen (secondary N) is 1. The number of anilines is 1. The molecule has 0 saturated carbocycles. The number of nitro groups is 1. The second-order valence-corrected chi connectivity index (χ2v) is 6.47. The molecule has 2 aliphatic rings. The van der Waals surface area contributed by atoms with Gasteiger partial charge in [-0.25, -0.2) is 0 Å². The summed E-state index contributed by atoms with van der Waals surface area (Å²) in [5, 5.41) is 13.9. The van der Waals surface area contributed by atoms with Crippen molar-refractivity contribution in [3.05, 3.63) is 33.9 Å². The van der Waals surface area contributed by atoms with E-state index >= 15 is 0 Å². The van der Waals surface area contributed by atoms with Crippen LogP contribution in [0.2, 0.25) is 0 Å². The van der Waals surface area contributed by atoms with Crippen molar-refractivity contribution in [1.82, 2.24) is 9.80 Å².